The Morgan fingerprint density at radius 1 is 1.31 bits per heavy atom. The molecule has 3 nitrogen and oxygen atoms in total. The third kappa shape index (κ3) is 2.49. The molecule has 0 radical (unpaired) electrons. The lowest BCUT2D eigenvalue weighted by Gasteiger charge is -2.10. The van der Waals surface area contributed by atoms with E-state index in [1.165, 1.54) is 0 Å². The van der Waals surface area contributed by atoms with Crippen LogP contribution in [0.3, 0.4) is 0 Å². The molecule has 1 aromatic heterocycles. The first kappa shape index (κ1) is 10.1. The van der Waals surface area contributed by atoms with Gasteiger partial charge in [-0.3, -0.25) is 0 Å². The molecule has 0 saturated heterocycles. The Morgan fingerprint density at radius 3 is 2.23 bits per heavy atom. The van der Waals surface area contributed by atoms with Gasteiger partial charge in [0, 0.05) is 17.3 Å². The number of hydrogen-bond acceptors (Lipinski definition) is 3. The van der Waals surface area contributed by atoms with Crippen LogP contribution in [0.2, 0.25) is 0 Å². The fourth-order valence-electron chi connectivity index (χ4n) is 1.33. The molecule has 0 amide bonds. The molecule has 1 heterocycles. The molecule has 1 atom stereocenters. The Kier molecular flexibility index (Phi) is 3.37. The van der Waals surface area contributed by atoms with Crippen LogP contribution in [0.1, 0.15) is 36.5 Å². The molecular weight excluding hydrogens is 164 g/mol. The highest BCUT2D eigenvalue weighted by Gasteiger charge is 2.11. The summed E-state index contributed by atoms with van der Waals surface area (Å²) in [6.45, 7) is 6.05. The molecule has 0 saturated carbocycles. The topological polar surface area (TPSA) is 46.0 Å². The van der Waals surface area contributed by atoms with E-state index in [0.717, 1.165) is 23.6 Å². The lowest BCUT2D eigenvalue weighted by molar-refractivity contribution is 0.257. The van der Waals surface area contributed by atoms with Crippen molar-refractivity contribution < 1.29 is 5.11 Å². The molecule has 1 N–H and O–H groups in total. The second-order valence-electron chi connectivity index (χ2n) is 3.30. The Hall–Kier alpha value is -0.960. The Bertz CT molecular complexity index is 262. The quantitative estimate of drug-likeness (QED) is 0.768. The maximum atomic E-state index is 9.08. The molecule has 0 spiro atoms. The summed E-state index contributed by atoms with van der Waals surface area (Å²) in [5, 5.41) is 9.08. The second kappa shape index (κ2) is 4.33. The zero-order valence-electron chi connectivity index (χ0n) is 8.41. The van der Waals surface area contributed by atoms with Crippen molar-refractivity contribution in [3.8, 4) is 0 Å². The van der Waals surface area contributed by atoms with Crippen molar-refractivity contribution in [1.82, 2.24) is 9.97 Å². The average molecular weight is 180 g/mol. The summed E-state index contributed by atoms with van der Waals surface area (Å²) in [6, 6.07) is 1.94. The van der Waals surface area contributed by atoms with Gasteiger partial charge in [0.2, 0.25) is 0 Å². The predicted octanol–water partition coefficient (Wildman–Crippen LogP) is 1.58. The largest absolute Gasteiger partial charge is 0.396 e. The molecule has 3 heteroatoms. The van der Waals surface area contributed by atoms with E-state index < -0.39 is 0 Å². The van der Waals surface area contributed by atoms with Crippen LogP contribution in [0.5, 0.6) is 0 Å². The Labute approximate surface area is 78.9 Å². The summed E-state index contributed by atoms with van der Waals surface area (Å²) in [5.74, 6) is 0.848. The van der Waals surface area contributed by atoms with Crippen LogP contribution in [0.4, 0.5) is 0 Å². The number of aromatic nitrogens is 2. The van der Waals surface area contributed by atoms with Crippen molar-refractivity contribution in [1.29, 1.82) is 0 Å². The van der Waals surface area contributed by atoms with Crippen LogP contribution < -0.4 is 0 Å². The van der Waals surface area contributed by atoms with Gasteiger partial charge >= 0.3 is 0 Å². The fourth-order valence-corrected chi connectivity index (χ4v) is 1.33. The van der Waals surface area contributed by atoms with E-state index in [2.05, 4.69) is 9.97 Å². The van der Waals surface area contributed by atoms with Crippen LogP contribution >= 0.6 is 0 Å². The van der Waals surface area contributed by atoms with Gasteiger partial charge in [0.1, 0.15) is 5.82 Å². The molecule has 0 aliphatic rings. The monoisotopic (exact) mass is 180 g/mol. The lowest BCUT2D eigenvalue weighted by Crippen LogP contribution is -2.09. The summed E-state index contributed by atoms with van der Waals surface area (Å²) < 4.78 is 0. The summed E-state index contributed by atoms with van der Waals surface area (Å²) in [4.78, 5) is 8.61. The molecule has 0 aromatic carbocycles. The van der Waals surface area contributed by atoms with E-state index in [4.69, 9.17) is 5.11 Å². The Morgan fingerprint density at radius 2 is 1.85 bits per heavy atom. The molecule has 0 bridgehead atoms. The summed E-state index contributed by atoms with van der Waals surface area (Å²) in [7, 11) is 0. The first-order valence-electron chi connectivity index (χ1n) is 4.60. The van der Waals surface area contributed by atoms with E-state index in [0.29, 0.717) is 0 Å². The van der Waals surface area contributed by atoms with Gasteiger partial charge in [0.15, 0.2) is 0 Å². The van der Waals surface area contributed by atoms with Gasteiger partial charge in [-0.1, -0.05) is 6.92 Å². The van der Waals surface area contributed by atoms with E-state index in [-0.39, 0.29) is 12.5 Å². The zero-order valence-corrected chi connectivity index (χ0v) is 8.41. The van der Waals surface area contributed by atoms with Gasteiger partial charge in [-0.2, -0.15) is 0 Å². The number of aliphatic hydroxyl groups is 1. The average Bonchev–Trinajstić information content (AvgIpc) is 2.04. The predicted molar refractivity (Wildman–Crippen MR) is 51.6 cm³/mol. The van der Waals surface area contributed by atoms with Gasteiger partial charge in [0.05, 0.1) is 6.61 Å². The van der Waals surface area contributed by atoms with Crippen LogP contribution in [0, 0.1) is 13.8 Å². The van der Waals surface area contributed by atoms with Crippen LogP contribution in [0.15, 0.2) is 6.07 Å². The zero-order chi connectivity index (χ0) is 9.84. The van der Waals surface area contributed by atoms with Crippen LogP contribution in [-0.4, -0.2) is 21.7 Å². The van der Waals surface area contributed by atoms with Crippen molar-refractivity contribution in [2.24, 2.45) is 0 Å². The number of aryl methyl sites for hydroxylation is 2. The van der Waals surface area contributed by atoms with Gasteiger partial charge in [0.25, 0.3) is 0 Å². The summed E-state index contributed by atoms with van der Waals surface area (Å²) in [6.07, 6.45) is 0.874. The van der Waals surface area contributed by atoms with E-state index in [1.807, 2.05) is 26.8 Å². The molecule has 0 fully saturated rings. The van der Waals surface area contributed by atoms with Crippen molar-refractivity contribution in [3.63, 3.8) is 0 Å². The fraction of sp³-hybridized carbons (Fsp3) is 0.600. The van der Waals surface area contributed by atoms with E-state index in [1.54, 1.807) is 0 Å². The minimum atomic E-state index is 0.0820. The van der Waals surface area contributed by atoms with Crippen molar-refractivity contribution in [3.05, 3.63) is 23.3 Å². The highest BCUT2D eigenvalue weighted by atomic mass is 16.3. The molecule has 1 rings (SSSR count). The smallest absolute Gasteiger partial charge is 0.134 e. The normalized spacial score (nSPS) is 12.9. The maximum absolute atomic E-state index is 9.08. The number of nitrogens with zero attached hydrogens (tertiary/aromatic N) is 2. The third-order valence-corrected chi connectivity index (χ3v) is 2.08. The third-order valence-electron chi connectivity index (χ3n) is 2.08. The van der Waals surface area contributed by atoms with Gasteiger partial charge in [-0.15, -0.1) is 0 Å². The van der Waals surface area contributed by atoms with E-state index in [9.17, 15) is 0 Å². The highest BCUT2D eigenvalue weighted by molar-refractivity contribution is 5.10. The molecular formula is C10H16N2O. The van der Waals surface area contributed by atoms with Crippen LogP contribution in [-0.2, 0) is 0 Å². The SMILES string of the molecule is CCC(CO)c1nc(C)cc(C)n1. The minimum Gasteiger partial charge on any atom is -0.396 e. The maximum Gasteiger partial charge on any atom is 0.134 e. The minimum absolute atomic E-state index is 0.0820. The van der Waals surface area contributed by atoms with Gasteiger partial charge in [-0.25, -0.2) is 9.97 Å². The summed E-state index contributed by atoms with van der Waals surface area (Å²) >= 11 is 0. The summed E-state index contributed by atoms with van der Waals surface area (Å²) in [5.41, 5.74) is 1.93. The first-order chi connectivity index (χ1) is 6.17. The first-order valence-corrected chi connectivity index (χ1v) is 4.60. The lowest BCUT2D eigenvalue weighted by atomic mass is 10.1. The van der Waals surface area contributed by atoms with Crippen molar-refractivity contribution in [2.75, 3.05) is 6.61 Å². The molecule has 0 aliphatic carbocycles. The van der Waals surface area contributed by atoms with Crippen molar-refractivity contribution >= 4 is 0 Å². The number of aliphatic hydroxyl groups excluding tert-OH is 1. The number of hydrogen-bond donors (Lipinski definition) is 1. The molecule has 72 valence electrons. The molecule has 1 unspecified atom stereocenters. The standard InChI is InChI=1S/C10H16N2O/c1-4-9(6-13)10-11-7(2)5-8(3)12-10/h5,9,13H,4,6H2,1-3H3. The van der Waals surface area contributed by atoms with Gasteiger partial charge in [-0.05, 0) is 26.3 Å². The van der Waals surface area contributed by atoms with E-state index >= 15 is 0 Å². The highest BCUT2D eigenvalue weighted by Crippen LogP contribution is 2.15. The molecule has 13 heavy (non-hydrogen) atoms. The van der Waals surface area contributed by atoms with Crippen LogP contribution in [0.25, 0.3) is 0 Å². The molecule has 1 aromatic rings. The molecule has 0 aliphatic heterocycles. The second-order valence-corrected chi connectivity index (χ2v) is 3.30. The van der Waals surface area contributed by atoms with Crippen molar-refractivity contribution in [2.45, 2.75) is 33.1 Å². The van der Waals surface area contributed by atoms with Gasteiger partial charge < -0.3 is 5.11 Å². The number of rotatable bonds is 3. The Balaban J connectivity index is 2.99.